The maximum absolute atomic E-state index is 11.0. The molecule has 15 heavy (non-hydrogen) atoms. The molecule has 2 N–H and O–H groups in total. The lowest BCUT2D eigenvalue weighted by atomic mass is 10.2. The molecule has 2 amide bonds. The van der Waals surface area contributed by atoms with Gasteiger partial charge in [-0.2, -0.15) is 5.06 Å². The highest BCUT2D eigenvalue weighted by molar-refractivity contribution is 5.70. The monoisotopic (exact) mass is 208 g/mol. The Kier molecular flexibility index (Phi) is 4.63. The molecule has 4 heteroatoms. The first-order valence-corrected chi connectivity index (χ1v) is 4.98. The first kappa shape index (κ1) is 11.5. The Morgan fingerprint density at radius 1 is 1.40 bits per heavy atom. The van der Waals surface area contributed by atoms with Gasteiger partial charge in [0.05, 0.1) is 13.2 Å². The van der Waals surface area contributed by atoms with Crippen molar-refractivity contribution in [2.45, 2.75) is 19.9 Å². The largest absolute Gasteiger partial charge is 0.350 e. The van der Waals surface area contributed by atoms with E-state index in [-0.39, 0.29) is 0 Å². The van der Waals surface area contributed by atoms with E-state index in [2.05, 4.69) is 0 Å². The van der Waals surface area contributed by atoms with Crippen LogP contribution in [0.25, 0.3) is 0 Å². The van der Waals surface area contributed by atoms with Crippen LogP contribution >= 0.6 is 0 Å². The minimum absolute atomic E-state index is 0.385. The predicted molar refractivity (Wildman–Crippen MR) is 57.8 cm³/mol. The summed E-state index contributed by atoms with van der Waals surface area (Å²) >= 11 is 0. The summed E-state index contributed by atoms with van der Waals surface area (Å²) in [7, 11) is 0. The minimum atomic E-state index is -0.563. The molecule has 0 unspecified atom stereocenters. The van der Waals surface area contributed by atoms with Gasteiger partial charge >= 0.3 is 6.03 Å². The van der Waals surface area contributed by atoms with Crippen LogP contribution in [0, 0.1) is 0 Å². The number of hydrogen-bond acceptors (Lipinski definition) is 2. The van der Waals surface area contributed by atoms with Crippen LogP contribution in [0.4, 0.5) is 4.79 Å². The molecule has 0 bridgehead atoms. The smallest absolute Gasteiger partial charge is 0.339 e. The molecule has 0 spiro atoms. The van der Waals surface area contributed by atoms with E-state index in [4.69, 9.17) is 10.6 Å². The van der Waals surface area contributed by atoms with Crippen molar-refractivity contribution >= 4 is 6.03 Å². The molecular formula is C11H16N2O2. The van der Waals surface area contributed by atoms with Gasteiger partial charge in [-0.1, -0.05) is 37.3 Å². The van der Waals surface area contributed by atoms with E-state index in [1.165, 1.54) is 5.06 Å². The van der Waals surface area contributed by atoms with Crippen molar-refractivity contribution in [1.82, 2.24) is 5.06 Å². The summed E-state index contributed by atoms with van der Waals surface area (Å²) in [4.78, 5) is 16.2. The molecule has 0 saturated heterocycles. The van der Waals surface area contributed by atoms with Crippen molar-refractivity contribution < 1.29 is 9.63 Å². The molecule has 0 atom stereocenters. The molecule has 0 aromatic heterocycles. The van der Waals surface area contributed by atoms with Crippen LogP contribution in [0.15, 0.2) is 30.3 Å². The molecule has 1 aromatic rings. The third kappa shape index (κ3) is 3.99. The van der Waals surface area contributed by atoms with Crippen LogP contribution in [0.5, 0.6) is 0 Å². The van der Waals surface area contributed by atoms with Crippen molar-refractivity contribution in [3.63, 3.8) is 0 Å². The molecular weight excluding hydrogens is 192 g/mol. The van der Waals surface area contributed by atoms with Crippen molar-refractivity contribution in [3.8, 4) is 0 Å². The van der Waals surface area contributed by atoms with Gasteiger partial charge in [0.1, 0.15) is 0 Å². The van der Waals surface area contributed by atoms with Gasteiger partial charge in [-0.3, -0.25) is 4.84 Å². The third-order valence-corrected chi connectivity index (χ3v) is 1.87. The molecule has 1 aromatic carbocycles. The molecule has 4 nitrogen and oxygen atoms in total. The van der Waals surface area contributed by atoms with E-state index in [1.54, 1.807) is 0 Å². The van der Waals surface area contributed by atoms with Crippen molar-refractivity contribution in [2.75, 3.05) is 6.61 Å². The molecule has 0 aliphatic heterocycles. The van der Waals surface area contributed by atoms with Crippen LogP contribution in [0.2, 0.25) is 0 Å². The summed E-state index contributed by atoms with van der Waals surface area (Å²) in [6.07, 6.45) is 0.846. The van der Waals surface area contributed by atoms with Crippen LogP contribution in [0.1, 0.15) is 18.9 Å². The average molecular weight is 208 g/mol. The molecule has 1 rings (SSSR count). The van der Waals surface area contributed by atoms with Crippen molar-refractivity contribution in [2.24, 2.45) is 5.73 Å². The highest BCUT2D eigenvalue weighted by atomic mass is 16.7. The summed E-state index contributed by atoms with van der Waals surface area (Å²) in [5, 5.41) is 1.18. The Labute approximate surface area is 89.6 Å². The molecule has 0 saturated carbocycles. The number of carbonyl (C=O) groups is 1. The highest BCUT2D eigenvalue weighted by Gasteiger charge is 2.10. The Balaban J connectivity index is 2.55. The number of rotatable bonds is 5. The fourth-order valence-electron chi connectivity index (χ4n) is 1.14. The molecule has 0 fully saturated rings. The normalized spacial score (nSPS) is 9.93. The number of benzene rings is 1. The van der Waals surface area contributed by atoms with E-state index >= 15 is 0 Å². The zero-order valence-electron chi connectivity index (χ0n) is 8.85. The van der Waals surface area contributed by atoms with Gasteiger partial charge < -0.3 is 5.73 Å². The standard InChI is InChI=1S/C11H16N2O2/c1-2-8-15-13(11(12)14)9-10-6-4-3-5-7-10/h3-7H,2,8-9H2,1H3,(H2,12,14). The fourth-order valence-corrected chi connectivity index (χ4v) is 1.14. The number of urea groups is 1. The summed E-state index contributed by atoms with van der Waals surface area (Å²) in [5.41, 5.74) is 6.18. The quantitative estimate of drug-likeness (QED) is 0.751. The van der Waals surface area contributed by atoms with Crippen molar-refractivity contribution in [3.05, 3.63) is 35.9 Å². The van der Waals surface area contributed by atoms with E-state index in [1.807, 2.05) is 37.3 Å². The summed E-state index contributed by atoms with van der Waals surface area (Å²) in [5.74, 6) is 0. The number of nitrogens with zero attached hydrogens (tertiary/aromatic N) is 1. The topological polar surface area (TPSA) is 55.6 Å². The Bertz CT molecular complexity index is 301. The Morgan fingerprint density at radius 3 is 2.60 bits per heavy atom. The van der Waals surface area contributed by atoms with E-state index in [0.29, 0.717) is 13.2 Å². The Hall–Kier alpha value is -1.55. The average Bonchev–Trinajstić information content (AvgIpc) is 2.25. The highest BCUT2D eigenvalue weighted by Crippen LogP contribution is 2.04. The second kappa shape index (κ2) is 6.03. The van der Waals surface area contributed by atoms with E-state index in [9.17, 15) is 4.79 Å². The number of hydrogen-bond donors (Lipinski definition) is 1. The Morgan fingerprint density at radius 2 is 2.07 bits per heavy atom. The van der Waals surface area contributed by atoms with Gasteiger partial charge in [-0.25, -0.2) is 4.79 Å². The number of amides is 2. The second-order valence-corrected chi connectivity index (χ2v) is 3.19. The van der Waals surface area contributed by atoms with E-state index in [0.717, 1.165) is 12.0 Å². The van der Waals surface area contributed by atoms with Gasteiger partial charge in [0.15, 0.2) is 0 Å². The molecule has 0 radical (unpaired) electrons. The zero-order chi connectivity index (χ0) is 11.1. The molecule has 0 heterocycles. The van der Waals surface area contributed by atoms with Gasteiger partial charge in [0, 0.05) is 0 Å². The van der Waals surface area contributed by atoms with Gasteiger partial charge in [-0.05, 0) is 12.0 Å². The lowest BCUT2D eigenvalue weighted by Gasteiger charge is -2.19. The SMILES string of the molecule is CCCON(Cc1ccccc1)C(N)=O. The van der Waals surface area contributed by atoms with Crippen LogP contribution in [-0.4, -0.2) is 17.7 Å². The van der Waals surface area contributed by atoms with Gasteiger partial charge in [0.2, 0.25) is 0 Å². The summed E-state index contributed by atoms with van der Waals surface area (Å²) < 4.78 is 0. The lowest BCUT2D eigenvalue weighted by molar-refractivity contribution is -0.121. The lowest BCUT2D eigenvalue weighted by Crippen LogP contribution is -2.35. The third-order valence-electron chi connectivity index (χ3n) is 1.87. The van der Waals surface area contributed by atoms with E-state index < -0.39 is 6.03 Å². The van der Waals surface area contributed by atoms with Gasteiger partial charge in [0.25, 0.3) is 0 Å². The molecule has 0 aliphatic rings. The second-order valence-electron chi connectivity index (χ2n) is 3.19. The summed E-state index contributed by atoms with van der Waals surface area (Å²) in [6, 6.07) is 9.02. The number of hydroxylamine groups is 2. The van der Waals surface area contributed by atoms with Gasteiger partial charge in [-0.15, -0.1) is 0 Å². The maximum Gasteiger partial charge on any atom is 0.339 e. The maximum atomic E-state index is 11.0. The first-order valence-electron chi connectivity index (χ1n) is 4.98. The fraction of sp³-hybridized carbons (Fsp3) is 0.364. The number of primary amides is 1. The number of carbonyl (C=O) groups excluding carboxylic acids is 1. The predicted octanol–water partition coefficient (Wildman–Crippen LogP) is 1.91. The molecule has 82 valence electrons. The van der Waals surface area contributed by atoms with Crippen LogP contribution in [0.3, 0.4) is 0 Å². The van der Waals surface area contributed by atoms with Crippen LogP contribution in [-0.2, 0) is 11.4 Å². The molecule has 0 aliphatic carbocycles. The number of nitrogens with two attached hydrogens (primary N) is 1. The summed E-state index contributed by atoms with van der Waals surface area (Å²) in [6.45, 7) is 2.85. The minimum Gasteiger partial charge on any atom is -0.350 e. The van der Waals surface area contributed by atoms with Crippen LogP contribution < -0.4 is 5.73 Å². The zero-order valence-corrected chi connectivity index (χ0v) is 8.85. The first-order chi connectivity index (χ1) is 7.24. The van der Waals surface area contributed by atoms with Crippen molar-refractivity contribution in [1.29, 1.82) is 0 Å².